The first kappa shape index (κ1) is 15.8. The van der Waals surface area contributed by atoms with Gasteiger partial charge in [-0.1, -0.05) is 0 Å². The Kier molecular flexibility index (Phi) is 4.65. The normalized spacial score (nSPS) is 17.1. The number of carbonyl (C=O) groups excluding carboxylic acids is 3. The lowest BCUT2D eigenvalue weighted by Gasteiger charge is -2.25. The Morgan fingerprint density at radius 3 is 2.45 bits per heavy atom. The fraction of sp³-hybridized carbons (Fsp3) is 0.400. The lowest BCUT2D eigenvalue weighted by atomic mass is 10.1. The van der Waals surface area contributed by atoms with E-state index in [-0.39, 0.29) is 18.2 Å². The van der Waals surface area contributed by atoms with E-state index in [1.165, 1.54) is 19.1 Å². The lowest BCUT2D eigenvalue weighted by Crippen LogP contribution is -2.44. The van der Waals surface area contributed by atoms with Crippen molar-refractivity contribution >= 4 is 17.7 Å². The molecular formula is C15H18N2O5. The van der Waals surface area contributed by atoms with E-state index < -0.39 is 11.9 Å². The van der Waals surface area contributed by atoms with Gasteiger partial charge in [-0.25, -0.2) is 0 Å². The molecule has 1 aromatic rings. The predicted molar refractivity (Wildman–Crippen MR) is 77.8 cm³/mol. The summed E-state index contributed by atoms with van der Waals surface area (Å²) in [5, 5.41) is 2.21. The van der Waals surface area contributed by atoms with E-state index in [1.807, 2.05) is 0 Å². The molecule has 1 heterocycles. The molecule has 1 atom stereocenters. The molecule has 118 valence electrons. The molecule has 1 aliphatic rings. The van der Waals surface area contributed by atoms with Crippen LogP contribution in [0.2, 0.25) is 0 Å². The molecule has 22 heavy (non-hydrogen) atoms. The first-order valence-electron chi connectivity index (χ1n) is 6.88. The van der Waals surface area contributed by atoms with E-state index in [4.69, 9.17) is 9.47 Å². The Morgan fingerprint density at radius 2 is 1.95 bits per heavy atom. The van der Waals surface area contributed by atoms with Crippen molar-refractivity contribution in [2.24, 2.45) is 0 Å². The van der Waals surface area contributed by atoms with Gasteiger partial charge in [-0.3, -0.25) is 19.7 Å². The quantitative estimate of drug-likeness (QED) is 0.804. The van der Waals surface area contributed by atoms with Gasteiger partial charge in [-0.05, 0) is 25.1 Å². The second kappa shape index (κ2) is 6.46. The molecular weight excluding hydrogens is 288 g/mol. The minimum absolute atomic E-state index is 0.00823. The highest BCUT2D eigenvalue weighted by Crippen LogP contribution is 2.28. The molecule has 0 spiro atoms. The van der Waals surface area contributed by atoms with Crippen molar-refractivity contribution in [2.75, 3.05) is 20.8 Å². The van der Waals surface area contributed by atoms with Gasteiger partial charge in [0.05, 0.1) is 20.6 Å². The van der Waals surface area contributed by atoms with E-state index in [0.29, 0.717) is 23.6 Å². The second-order valence-corrected chi connectivity index (χ2v) is 4.79. The summed E-state index contributed by atoms with van der Waals surface area (Å²) >= 11 is 0. The average Bonchev–Trinajstić information content (AvgIpc) is 2.85. The number of imide groups is 1. The first-order chi connectivity index (χ1) is 10.5. The molecule has 2 rings (SSSR count). The van der Waals surface area contributed by atoms with Crippen molar-refractivity contribution in [1.82, 2.24) is 10.2 Å². The summed E-state index contributed by atoms with van der Waals surface area (Å²) < 4.78 is 10.3. The molecule has 1 aliphatic heterocycles. The molecule has 0 bridgehead atoms. The zero-order valence-electron chi connectivity index (χ0n) is 12.7. The SMILES string of the molecule is CCN(C(=O)c1ccc(OC)c(OC)c1)[C@@H]1CC(=O)NC1=O. The molecule has 0 radical (unpaired) electrons. The van der Waals surface area contributed by atoms with E-state index >= 15 is 0 Å². The molecule has 1 aromatic carbocycles. The number of hydrogen-bond acceptors (Lipinski definition) is 5. The monoisotopic (exact) mass is 306 g/mol. The van der Waals surface area contributed by atoms with E-state index in [0.717, 1.165) is 0 Å². The predicted octanol–water partition coefficient (Wildman–Crippen LogP) is 0.581. The lowest BCUT2D eigenvalue weighted by molar-refractivity contribution is -0.126. The maximum atomic E-state index is 12.6. The van der Waals surface area contributed by atoms with Crippen molar-refractivity contribution < 1.29 is 23.9 Å². The molecule has 1 fully saturated rings. The third-order valence-electron chi connectivity index (χ3n) is 3.55. The highest BCUT2D eigenvalue weighted by atomic mass is 16.5. The number of carbonyl (C=O) groups is 3. The fourth-order valence-corrected chi connectivity index (χ4v) is 2.43. The molecule has 0 saturated carbocycles. The highest BCUT2D eigenvalue weighted by molar-refractivity contribution is 6.08. The number of hydrogen-bond donors (Lipinski definition) is 1. The van der Waals surface area contributed by atoms with Crippen LogP contribution >= 0.6 is 0 Å². The fourth-order valence-electron chi connectivity index (χ4n) is 2.43. The summed E-state index contributed by atoms with van der Waals surface area (Å²) in [4.78, 5) is 37.1. The van der Waals surface area contributed by atoms with Gasteiger partial charge in [0.15, 0.2) is 11.5 Å². The van der Waals surface area contributed by atoms with Gasteiger partial charge in [-0.15, -0.1) is 0 Å². The van der Waals surface area contributed by atoms with Gasteiger partial charge in [-0.2, -0.15) is 0 Å². The molecule has 3 amide bonds. The van der Waals surface area contributed by atoms with Crippen LogP contribution in [0.3, 0.4) is 0 Å². The third kappa shape index (κ3) is 2.88. The van der Waals surface area contributed by atoms with Crippen molar-refractivity contribution in [1.29, 1.82) is 0 Å². The number of ether oxygens (including phenoxy) is 2. The van der Waals surface area contributed by atoms with Crippen molar-refractivity contribution in [3.63, 3.8) is 0 Å². The molecule has 7 nitrogen and oxygen atoms in total. The average molecular weight is 306 g/mol. The summed E-state index contributed by atoms with van der Waals surface area (Å²) in [6.07, 6.45) is -0.00823. The van der Waals surface area contributed by atoms with Gasteiger partial charge in [0, 0.05) is 12.1 Å². The second-order valence-electron chi connectivity index (χ2n) is 4.79. The number of nitrogens with zero attached hydrogens (tertiary/aromatic N) is 1. The van der Waals surface area contributed by atoms with Crippen LogP contribution in [0.1, 0.15) is 23.7 Å². The van der Waals surface area contributed by atoms with Gasteiger partial charge in [0.1, 0.15) is 6.04 Å². The Bertz CT molecular complexity index is 614. The molecule has 0 unspecified atom stereocenters. The minimum atomic E-state index is -0.766. The summed E-state index contributed by atoms with van der Waals surface area (Å²) in [6, 6.07) is 4.01. The van der Waals surface area contributed by atoms with E-state index in [1.54, 1.807) is 25.1 Å². The highest BCUT2D eigenvalue weighted by Gasteiger charge is 2.37. The van der Waals surface area contributed by atoms with Crippen LogP contribution in [-0.2, 0) is 9.59 Å². The van der Waals surface area contributed by atoms with Crippen molar-refractivity contribution in [3.05, 3.63) is 23.8 Å². The minimum Gasteiger partial charge on any atom is -0.493 e. The summed E-state index contributed by atoms with van der Waals surface area (Å²) in [5.41, 5.74) is 0.367. The van der Waals surface area contributed by atoms with Crippen molar-refractivity contribution in [3.8, 4) is 11.5 Å². The van der Waals surface area contributed by atoms with Crippen LogP contribution in [0, 0.1) is 0 Å². The smallest absolute Gasteiger partial charge is 0.254 e. The van der Waals surface area contributed by atoms with Gasteiger partial charge in [0.25, 0.3) is 5.91 Å². The third-order valence-corrected chi connectivity index (χ3v) is 3.55. The Labute approximate surface area is 128 Å². The molecule has 7 heteroatoms. The largest absolute Gasteiger partial charge is 0.493 e. The van der Waals surface area contributed by atoms with Crippen LogP contribution < -0.4 is 14.8 Å². The molecule has 1 saturated heterocycles. The Morgan fingerprint density at radius 1 is 1.27 bits per heavy atom. The van der Waals surface area contributed by atoms with Gasteiger partial charge >= 0.3 is 0 Å². The zero-order chi connectivity index (χ0) is 16.3. The van der Waals surface area contributed by atoms with Gasteiger partial charge in [0.2, 0.25) is 11.8 Å². The number of benzene rings is 1. The summed E-state index contributed by atoms with van der Waals surface area (Å²) in [7, 11) is 2.99. The maximum absolute atomic E-state index is 12.6. The summed E-state index contributed by atoms with van der Waals surface area (Å²) in [5.74, 6) is -0.209. The Balaban J connectivity index is 2.29. The first-order valence-corrected chi connectivity index (χ1v) is 6.88. The van der Waals surface area contributed by atoms with E-state index in [2.05, 4.69) is 5.32 Å². The van der Waals surface area contributed by atoms with Crippen LogP contribution in [-0.4, -0.2) is 49.4 Å². The van der Waals surface area contributed by atoms with Crippen molar-refractivity contribution in [2.45, 2.75) is 19.4 Å². The maximum Gasteiger partial charge on any atom is 0.254 e. The van der Waals surface area contributed by atoms with Crippen LogP contribution in [0.15, 0.2) is 18.2 Å². The number of rotatable bonds is 5. The summed E-state index contributed by atoms with van der Waals surface area (Å²) in [6.45, 7) is 2.08. The molecule has 1 N–H and O–H groups in total. The topological polar surface area (TPSA) is 84.9 Å². The van der Waals surface area contributed by atoms with Gasteiger partial charge < -0.3 is 14.4 Å². The molecule has 0 aliphatic carbocycles. The standard InChI is InChI=1S/C15H18N2O5/c1-4-17(10-8-13(18)16-14(10)19)15(20)9-5-6-11(21-2)12(7-9)22-3/h5-7,10H,4,8H2,1-3H3,(H,16,18,19)/t10-/m1/s1. The van der Waals surface area contributed by atoms with E-state index in [9.17, 15) is 14.4 Å². The Hall–Kier alpha value is -2.57. The van der Waals surface area contributed by atoms with Crippen LogP contribution in [0.5, 0.6) is 11.5 Å². The zero-order valence-corrected chi connectivity index (χ0v) is 12.7. The molecule has 0 aromatic heterocycles. The number of methoxy groups -OCH3 is 2. The number of nitrogens with one attached hydrogen (secondary N) is 1. The van der Waals surface area contributed by atoms with Crippen LogP contribution in [0.4, 0.5) is 0 Å². The number of likely N-dealkylation sites (N-methyl/N-ethyl adjacent to an activating group) is 1. The van der Waals surface area contributed by atoms with Crippen LogP contribution in [0.25, 0.3) is 0 Å². The number of amides is 3.